The third-order valence-electron chi connectivity index (χ3n) is 4.70. The molecule has 2 amide bonds. The summed E-state index contributed by atoms with van der Waals surface area (Å²) in [5, 5.41) is 15.1. The molecule has 2 N–H and O–H groups in total. The average molecular weight is 458 g/mol. The first-order valence-corrected chi connectivity index (χ1v) is 11.0. The van der Waals surface area contributed by atoms with E-state index in [1.165, 1.54) is 11.8 Å². The van der Waals surface area contributed by atoms with E-state index >= 15 is 0 Å². The van der Waals surface area contributed by atoms with Crippen LogP contribution in [0.5, 0.6) is 0 Å². The van der Waals surface area contributed by atoms with Gasteiger partial charge in [0, 0.05) is 23.4 Å². The van der Waals surface area contributed by atoms with E-state index in [1.807, 2.05) is 45.0 Å². The highest BCUT2D eigenvalue weighted by atomic mass is 35.5. The molecule has 0 aliphatic rings. The van der Waals surface area contributed by atoms with E-state index in [0.29, 0.717) is 21.7 Å². The number of aryl methyl sites for hydroxylation is 3. The van der Waals surface area contributed by atoms with Gasteiger partial charge in [-0.1, -0.05) is 41.6 Å². The minimum Gasteiger partial charge on any atom is -0.326 e. The van der Waals surface area contributed by atoms with Crippen molar-refractivity contribution in [1.29, 1.82) is 0 Å². The lowest BCUT2D eigenvalue weighted by Gasteiger charge is -2.09. The van der Waals surface area contributed by atoms with Crippen LogP contribution in [0.15, 0.2) is 41.6 Å². The summed E-state index contributed by atoms with van der Waals surface area (Å²) < 4.78 is 1.72. The normalized spacial score (nSPS) is 10.7. The monoisotopic (exact) mass is 457 g/mol. The van der Waals surface area contributed by atoms with E-state index in [0.717, 1.165) is 22.4 Å². The molecule has 0 bridgehead atoms. The topological polar surface area (TPSA) is 88.9 Å². The summed E-state index contributed by atoms with van der Waals surface area (Å²) in [7, 11) is 1.77. The quantitative estimate of drug-likeness (QED) is 0.516. The molecule has 1 heterocycles. The standard InChI is InChI=1S/C22H24ClN5O2S/c1-13-5-6-15(3)18(9-13)25-21(30)12-31-22-27-26-19(28(22)4)11-20(29)24-16-8-7-14(2)17(23)10-16/h5-10H,11-12H2,1-4H3,(H,24,29)(H,25,30). The van der Waals surface area contributed by atoms with Crippen LogP contribution in [0, 0.1) is 20.8 Å². The maximum atomic E-state index is 12.4. The van der Waals surface area contributed by atoms with Gasteiger partial charge in [-0.05, 0) is 55.7 Å². The molecule has 31 heavy (non-hydrogen) atoms. The van der Waals surface area contributed by atoms with Crippen LogP contribution in [0.4, 0.5) is 11.4 Å². The number of hydrogen-bond donors (Lipinski definition) is 2. The highest BCUT2D eigenvalue weighted by Crippen LogP contribution is 2.21. The van der Waals surface area contributed by atoms with Gasteiger partial charge in [-0.2, -0.15) is 0 Å². The molecule has 0 unspecified atom stereocenters. The number of anilines is 2. The van der Waals surface area contributed by atoms with Gasteiger partial charge in [0.15, 0.2) is 5.16 Å². The lowest BCUT2D eigenvalue weighted by Crippen LogP contribution is -2.17. The van der Waals surface area contributed by atoms with E-state index in [2.05, 4.69) is 20.8 Å². The molecular weight excluding hydrogens is 434 g/mol. The molecule has 0 radical (unpaired) electrons. The Morgan fingerprint density at radius 1 is 1.00 bits per heavy atom. The SMILES string of the molecule is Cc1ccc(C)c(NC(=O)CSc2nnc(CC(=O)Nc3ccc(C)c(Cl)c3)n2C)c1. The van der Waals surface area contributed by atoms with Gasteiger partial charge < -0.3 is 15.2 Å². The number of carbonyl (C=O) groups excluding carboxylic acids is 2. The number of nitrogens with one attached hydrogen (secondary N) is 2. The summed E-state index contributed by atoms with van der Waals surface area (Å²) in [4.78, 5) is 24.7. The molecule has 0 spiro atoms. The maximum absolute atomic E-state index is 12.4. The van der Waals surface area contributed by atoms with Gasteiger partial charge in [-0.25, -0.2) is 0 Å². The Kier molecular flexibility index (Phi) is 7.35. The smallest absolute Gasteiger partial charge is 0.234 e. The molecule has 7 nitrogen and oxygen atoms in total. The fourth-order valence-electron chi connectivity index (χ4n) is 2.83. The Balaban J connectivity index is 1.55. The number of hydrogen-bond acceptors (Lipinski definition) is 5. The van der Waals surface area contributed by atoms with Gasteiger partial charge >= 0.3 is 0 Å². The molecule has 9 heteroatoms. The largest absolute Gasteiger partial charge is 0.326 e. The molecule has 1 aromatic heterocycles. The Bertz CT molecular complexity index is 1130. The number of halogens is 1. The van der Waals surface area contributed by atoms with Gasteiger partial charge in [-0.3, -0.25) is 9.59 Å². The predicted octanol–water partition coefficient (Wildman–Crippen LogP) is 4.31. The van der Waals surface area contributed by atoms with Crippen LogP contribution < -0.4 is 10.6 Å². The molecule has 162 valence electrons. The highest BCUT2D eigenvalue weighted by molar-refractivity contribution is 7.99. The van der Waals surface area contributed by atoms with E-state index in [4.69, 9.17) is 11.6 Å². The molecule has 0 fully saturated rings. The van der Waals surface area contributed by atoms with Crippen LogP contribution >= 0.6 is 23.4 Å². The van der Waals surface area contributed by atoms with Crippen LogP contribution in [0.3, 0.4) is 0 Å². The van der Waals surface area contributed by atoms with Crippen molar-refractivity contribution in [3.8, 4) is 0 Å². The Morgan fingerprint density at radius 3 is 2.48 bits per heavy atom. The molecule has 3 aromatic rings. The summed E-state index contributed by atoms with van der Waals surface area (Å²) in [6.45, 7) is 5.83. The number of nitrogens with zero attached hydrogens (tertiary/aromatic N) is 3. The first-order valence-electron chi connectivity index (χ1n) is 9.67. The molecular formula is C22H24ClN5O2S. The van der Waals surface area contributed by atoms with Gasteiger partial charge in [-0.15, -0.1) is 10.2 Å². The molecule has 2 aromatic carbocycles. The first-order chi connectivity index (χ1) is 14.7. The van der Waals surface area contributed by atoms with Gasteiger partial charge in [0.1, 0.15) is 5.82 Å². The van der Waals surface area contributed by atoms with E-state index in [-0.39, 0.29) is 24.0 Å². The van der Waals surface area contributed by atoms with Crippen molar-refractivity contribution < 1.29 is 9.59 Å². The second-order valence-electron chi connectivity index (χ2n) is 7.30. The Hall–Kier alpha value is -2.84. The van der Waals surface area contributed by atoms with Crippen molar-refractivity contribution in [3.63, 3.8) is 0 Å². The second kappa shape index (κ2) is 9.98. The van der Waals surface area contributed by atoms with E-state index in [9.17, 15) is 9.59 Å². The number of benzene rings is 2. The maximum Gasteiger partial charge on any atom is 0.234 e. The third-order valence-corrected chi connectivity index (χ3v) is 6.13. The predicted molar refractivity (Wildman–Crippen MR) is 125 cm³/mol. The Morgan fingerprint density at radius 2 is 1.74 bits per heavy atom. The van der Waals surface area contributed by atoms with Crippen LogP contribution in [-0.4, -0.2) is 32.3 Å². The second-order valence-corrected chi connectivity index (χ2v) is 8.65. The fourth-order valence-corrected chi connectivity index (χ4v) is 3.74. The number of aromatic nitrogens is 3. The van der Waals surface area contributed by atoms with Crippen molar-refractivity contribution in [3.05, 3.63) is 63.9 Å². The van der Waals surface area contributed by atoms with Crippen molar-refractivity contribution in [1.82, 2.24) is 14.8 Å². The summed E-state index contributed by atoms with van der Waals surface area (Å²) in [6.07, 6.45) is 0.0598. The van der Waals surface area contributed by atoms with Crippen LogP contribution in [0.2, 0.25) is 5.02 Å². The van der Waals surface area contributed by atoms with Crippen LogP contribution in [-0.2, 0) is 23.1 Å². The van der Waals surface area contributed by atoms with Crippen molar-refractivity contribution in [2.45, 2.75) is 32.3 Å². The van der Waals surface area contributed by atoms with Crippen molar-refractivity contribution in [2.24, 2.45) is 7.05 Å². The van der Waals surface area contributed by atoms with Gasteiger partial charge in [0.25, 0.3) is 0 Å². The van der Waals surface area contributed by atoms with Crippen molar-refractivity contribution >= 4 is 46.6 Å². The zero-order valence-electron chi connectivity index (χ0n) is 17.8. The number of amides is 2. The lowest BCUT2D eigenvalue weighted by molar-refractivity contribution is -0.116. The van der Waals surface area contributed by atoms with Crippen LogP contribution in [0.1, 0.15) is 22.5 Å². The summed E-state index contributed by atoms with van der Waals surface area (Å²) in [6, 6.07) is 11.3. The molecule has 0 aliphatic heterocycles. The lowest BCUT2D eigenvalue weighted by atomic mass is 10.1. The summed E-state index contributed by atoms with van der Waals surface area (Å²) in [5.74, 6) is 0.345. The zero-order valence-corrected chi connectivity index (χ0v) is 19.4. The summed E-state index contributed by atoms with van der Waals surface area (Å²) >= 11 is 7.37. The molecule has 0 aliphatic carbocycles. The molecule has 3 rings (SSSR count). The fraction of sp³-hybridized carbons (Fsp3) is 0.273. The van der Waals surface area contributed by atoms with E-state index in [1.54, 1.807) is 23.7 Å². The van der Waals surface area contributed by atoms with E-state index < -0.39 is 0 Å². The number of carbonyl (C=O) groups is 2. The molecule has 0 atom stereocenters. The highest BCUT2D eigenvalue weighted by Gasteiger charge is 2.15. The first kappa shape index (κ1) is 22.8. The van der Waals surface area contributed by atoms with Gasteiger partial charge in [0.05, 0.1) is 12.2 Å². The van der Waals surface area contributed by atoms with Gasteiger partial charge in [0.2, 0.25) is 11.8 Å². The van der Waals surface area contributed by atoms with Crippen molar-refractivity contribution in [2.75, 3.05) is 16.4 Å². The third kappa shape index (κ3) is 6.08. The molecule has 0 saturated carbocycles. The minimum absolute atomic E-state index is 0.0598. The average Bonchev–Trinajstić information content (AvgIpc) is 3.05. The molecule has 0 saturated heterocycles. The number of rotatable bonds is 7. The minimum atomic E-state index is -0.223. The van der Waals surface area contributed by atoms with Crippen LogP contribution in [0.25, 0.3) is 0 Å². The number of thioether (sulfide) groups is 1. The zero-order chi connectivity index (χ0) is 22.5. The Labute approximate surface area is 190 Å². The summed E-state index contributed by atoms with van der Waals surface area (Å²) in [5.41, 5.74) is 4.46.